The van der Waals surface area contributed by atoms with Crippen molar-refractivity contribution in [3.05, 3.63) is 54.2 Å². The SMILES string of the molecule is CCN(C[C@@H]1CN(c2ccc3c(c2)OCCO3)C(=O)O1)C(=O)C=Cc1ccnc2ccc(OC)nc12. The van der Waals surface area contributed by atoms with E-state index in [1.54, 1.807) is 59.5 Å². The zero-order valence-electron chi connectivity index (χ0n) is 20.0. The van der Waals surface area contributed by atoms with Crippen molar-refractivity contribution in [3.63, 3.8) is 0 Å². The summed E-state index contributed by atoms with van der Waals surface area (Å²) in [6, 6.07) is 10.7. The van der Waals surface area contributed by atoms with E-state index in [4.69, 9.17) is 18.9 Å². The van der Waals surface area contributed by atoms with Crippen LogP contribution < -0.4 is 19.1 Å². The minimum Gasteiger partial charge on any atom is -0.486 e. The highest BCUT2D eigenvalue weighted by Gasteiger charge is 2.34. The summed E-state index contributed by atoms with van der Waals surface area (Å²) in [5.74, 6) is 1.52. The summed E-state index contributed by atoms with van der Waals surface area (Å²) in [6.07, 6.45) is 3.95. The molecule has 2 aliphatic heterocycles. The van der Waals surface area contributed by atoms with Gasteiger partial charge in [0.1, 0.15) is 19.3 Å². The molecule has 2 amide bonds. The molecular weight excluding hydrogens is 464 g/mol. The maximum absolute atomic E-state index is 13.0. The Kier molecular flexibility index (Phi) is 6.57. The summed E-state index contributed by atoms with van der Waals surface area (Å²) < 4.78 is 21.9. The summed E-state index contributed by atoms with van der Waals surface area (Å²) >= 11 is 0. The predicted molar refractivity (Wildman–Crippen MR) is 132 cm³/mol. The summed E-state index contributed by atoms with van der Waals surface area (Å²) in [6.45, 7) is 3.90. The van der Waals surface area contributed by atoms with Crippen molar-refractivity contribution in [3.8, 4) is 17.4 Å². The Hall–Kier alpha value is -4.34. The fourth-order valence-electron chi connectivity index (χ4n) is 4.19. The lowest BCUT2D eigenvalue weighted by molar-refractivity contribution is -0.126. The second-order valence-corrected chi connectivity index (χ2v) is 8.28. The number of carbonyl (C=O) groups is 2. The normalized spacial score (nSPS) is 16.9. The van der Waals surface area contributed by atoms with Crippen LogP contribution >= 0.6 is 0 Å². The number of hydrogen-bond donors (Lipinski definition) is 0. The number of nitrogens with zero attached hydrogens (tertiary/aromatic N) is 4. The van der Waals surface area contributed by atoms with Gasteiger partial charge in [0.2, 0.25) is 11.8 Å². The number of hydrogen-bond acceptors (Lipinski definition) is 8. The zero-order chi connectivity index (χ0) is 25.1. The largest absolute Gasteiger partial charge is 0.486 e. The van der Waals surface area contributed by atoms with Crippen molar-refractivity contribution in [1.29, 1.82) is 0 Å². The van der Waals surface area contributed by atoms with Gasteiger partial charge in [0.15, 0.2) is 11.5 Å². The van der Waals surface area contributed by atoms with E-state index in [0.29, 0.717) is 60.4 Å². The van der Waals surface area contributed by atoms with Crippen LogP contribution in [-0.2, 0) is 9.53 Å². The highest BCUT2D eigenvalue weighted by molar-refractivity contribution is 5.95. The molecule has 1 atom stereocenters. The first-order valence-electron chi connectivity index (χ1n) is 11.7. The van der Waals surface area contributed by atoms with Crippen molar-refractivity contribution >= 4 is 34.8 Å². The molecule has 5 rings (SSSR count). The maximum Gasteiger partial charge on any atom is 0.414 e. The van der Waals surface area contributed by atoms with Gasteiger partial charge in [0.05, 0.1) is 36.9 Å². The van der Waals surface area contributed by atoms with Crippen LogP contribution in [0.5, 0.6) is 17.4 Å². The average molecular weight is 491 g/mol. The lowest BCUT2D eigenvalue weighted by Gasteiger charge is -2.22. The van der Waals surface area contributed by atoms with E-state index in [2.05, 4.69) is 9.97 Å². The van der Waals surface area contributed by atoms with Crippen LogP contribution in [-0.4, -0.2) is 72.9 Å². The maximum atomic E-state index is 13.0. The van der Waals surface area contributed by atoms with E-state index < -0.39 is 12.2 Å². The molecule has 4 heterocycles. The Balaban J connectivity index is 1.26. The summed E-state index contributed by atoms with van der Waals surface area (Å²) in [7, 11) is 1.55. The molecule has 10 nitrogen and oxygen atoms in total. The van der Waals surface area contributed by atoms with Crippen LogP contribution in [0.1, 0.15) is 12.5 Å². The number of rotatable bonds is 7. The van der Waals surface area contributed by atoms with Crippen LogP contribution in [0.4, 0.5) is 10.5 Å². The molecule has 3 aromatic rings. The van der Waals surface area contributed by atoms with Crippen LogP contribution in [0, 0.1) is 0 Å². The molecule has 0 radical (unpaired) electrons. The first-order valence-corrected chi connectivity index (χ1v) is 11.7. The van der Waals surface area contributed by atoms with Gasteiger partial charge in [-0.25, -0.2) is 9.78 Å². The smallest absolute Gasteiger partial charge is 0.414 e. The second kappa shape index (κ2) is 10.1. The van der Waals surface area contributed by atoms with Crippen molar-refractivity contribution < 1.29 is 28.5 Å². The molecule has 0 saturated carbocycles. The van der Waals surface area contributed by atoms with Gasteiger partial charge in [-0.15, -0.1) is 0 Å². The van der Waals surface area contributed by atoms with Gasteiger partial charge in [-0.05, 0) is 37.3 Å². The van der Waals surface area contributed by atoms with Crippen molar-refractivity contribution in [1.82, 2.24) is 14.9 Å². The molecule has 1 fully saturated rings. The molecule has 36 heavy (non-hydrogen) atoms. The Bertz CT molecular complexity index is 1330. The zero-order valence-corrected chi connectivity index (χ0v) is 20.0. The number of methoxy groups -OCH3 is 1. The molecule has 1 saturated heterocycles. The molecular formula is C26H26N4O6. The minimum absolute atomic E-state index is 0.195. The highest BCUT2D eigenvalue weighted by atomic mass is 16.6. The van der Waals surface area contributed by atoms with E-state index in [-0.39, 0.29) is 12.5 Å². The van der Waals surface area contributed by atoms with Crippen molar-refractivity contribution in [2.75, 3.05) is 44.9 Å². The topological polar surface area (TPSA) is 103 Å². The number of benzene rings is 1. The Labute approximate surface area is 208 Å². The molecule has 0 bridgehead atoms. The van der Waals surface area contributed by atoms with E-state index in [0.717, 1.165) is 5.56 Å². The molecule has 0 spiro atoms. The minimum atomic E-state index is -0.462. The average Bonchev–Trinajstić information content (AvgIpc) is 3.29. The lowest BCUT2D eigenvalue weighted by atomic mass is 10.2. The van der Waals surface area contributed by atoms with Crippen LogP contribution in [0.25, 0.3) is 17.1 Å². The molecule has 1 aromatic carbocycles. The van der Waals surface area contributed by atoms with Gasteiger partial charge in [0, 0.05) is 36.5 Å². The number of aromatic nitrogens is 2. The third kappa shape index (κ3) is 4.74. The highest BCUT2D eigenvalue weighted by Crippen LogP contribution is 2.35. The standard InChI is InChI=1S/C26H26N4O6/c1-3-29(24(31)9-4-17-10-11-27-20-6-8-23(33-2)28-25(17)20)15-19-16-30(26(32)36-19)18-5-7-21-22(14-18)35-13-12-34-21/h4-11,14,19H,3,12-13,15-16H2,1-2H3/t19-/m1/s1. The first kappa shape index (κ1) is 23.4. The first-order chi connectivity index (χ1) is 17.6. The van der Waals surface area contributed by atoms with Crippen LogP contribution in [0.3, 0.4) is 0 Å². The number of amides is 2. The van der Waals surface area contributed by atoms with E-state index in [9.17, 15) is 9.59 Å². The van der Waals surface area contributed by atoms with Gasteiger partial charge in [-0.1, -0.05) is 0 Å². The number of cyclic esters (lactones) is 1. The third-order valence-electron chi connectivity index (χ3n) is 6.03. The lowest BCUT2D eigenvalue weighted by Crippen LogP contribution is -2.38. The number of carbonyl (C=O) groups excluding carboxylic acids is 2. The second-order valence-electron chi connectivity index (χ2n) is 8.28. The molecule has 2 aromatic heterocycles. The van der Waals surface area contributed by atoms with Crippen molar-refractivity contribution in [2.45, 2.75) is 13.0 Å². The van der Waals surface area contributed by atoms with E-state index >= 15 is 0 Å². The third-order valence-corrected chi connectivity index (χ3v) is 6.03. The molecule has 10 heteroatoms. The van der Waals surface area contributed by atoms with Gasteiger partial charge in [-0.2, -0.15) is 0 Å². The van der Waals surface area contributed by atoms with Gasteiger partial charge in [-0.3, -0.25) is 14.7 Å². The fraction of sp³-hybridized carbons (Fsp3) is 0.308. The molecule has 186 valence electrons. The van der Waals surface area contributed by atoms with Crippen LogP contribution in [0.15, 0.2) is 48.7 Å². The number of likely N-dealkylation sites (N-methyl/N-ethyl adjacent to an activating group) is 1. The van der Waals surface area contributed by atoms with Gasteiger partial charge < -0.3 is 23.8 Å². The molecule has 0 N–H and O–H groups in total. The fourth-order valence-corrected chi connectivity index (χ4v) is 4.19. The monoisotopic (exact) mass is 490 g/mol. The predicted octanol–water partition coefficient (Wildman–Crippen LogP) is 3.30. The number of ether oxygens (including phenoxy) is 4. The molecule has 2 aliphatic rings. The summed E-state index contributed by atoms with van der Waals surface area (Å²) in [5.41, 5.74) is 2.76. The van der Waals surface area contributed by atoms with E-state index in [1.807, 2.05) is 13.0 Å². The Morgan fingerprint density at radius 1 is 1.19 bits per heavy atom. The quantitative estimate of drug-likeness (QED) is 0.465. The summed E-state index contributed by atoms with van der Waals surface area (Å²) in [4.78, 5) is 37.5. The Morgan fingerprint density at radius 2 is 2.03 bits per heavy atom. The number of fused-ring (bicyclic) bond motifs is 2. The van der Waals surface area contributed by atoms with Gasteiger partial charge in [0.25, 0.3) is 0 Å². The number of anilines is 1. The Morgan fingerprint density at radius 3 is 2.83 bits per heavy atom. The van der Waals surface area contributed by atoms with Crippen molar-refractivity contribution in [2.24, 2.45) is 0 Å². The van der Waals surface area contributed by atoms with Crippen LogP contribution in [0.2, 0.25) is 0 Å². The summed E-state index contributed by atoms with van der Waals surface area (Å²) in [5, 5.41) is 0. The molecule has 0 unspecified atom stereocenters. The van der Waals surface area contributed by atoms with E-state index in [1.165, 1.54) is 6.08 Å². The number of pyridine rings is 2. The molecule has 0 aliphatic carbocycles. The van der Waals surface area contributed by atoms with Gasteiger partial charge >= 0.3 is 6.09 Å².